The molecule has 3 aliphatic rings. The maximum Gasteiger partial charge on any atom is 0.342 e. The Morgan fingerprint density at radius 1 is 1.25 bits per heavy atom. The number of benzene rings is 1. The summed E-state index contributed by atoms with van der Waals surface area (Å²) in [4.78, 5) is 0. The van der Waals surface area contributed by atoms with Gasteiger partial charge in [-0.05, 0) is 55.4 Å². The lowest BCUT2D eigenvalue weighted by molar-refractivity contribution is -0.0325. The van der Waals surface area contributed by atoms with Crippen molar-refractivity contribution < 1.29 is 17.9 Å². The number of ether oxygens (including phenoxy) is 2. The molecule has 4 rings (SSSR count). The molecule has 0 spiro atoms. The summed E-state index contributed by atoms with van der Waals surface area (Å²) >= 11 is 0. The zero-order valence-electron chi connectivity index (χ0n) is 13.5. The second-order valence-corrected chi connectivity index (χ2v) is 9.16. The highest BCUT2D eigenvalue weighted by molar-refractivity contribution is 8.12. The maximum atomic E-state index is 11.4. The van der Waals surface area contributed by atoms with Gasteiger partial charge in [-0.2, -0.15) is 8.42 Å². The van der Waals surface area contributed by atoms with Gasteiger partial charge < -0.3 is 9.47 Å². The smallest absolute Gasteiger partial charge is 0.342 e. The van der Waals surface area contributed by atoms with Crippen LogP contribution >= 0.6 is 10.7 Å². The van der Waals surface area contributed by atoms with Crippen molar-refractivity contribution in [2.75, 3.05) is 7.11 Å². The van der Waals surface area contributed by atoms with Crippen LogP contribution in [0.2, 0.25) is 0 Å². The standard InChI is InChI=1S/C17H20ClNO4S/c1-22-13-5-4-12-6-9-17-8-3-2-7-16(17,14(12)10-13)11-15(23-17)19-24(18,20)21/h4-5,10H,2-3,6-9,11H2,1H3. The van der Waals surface area contributed by atoms with Crippen molar-refractivity contribution in [3.05, 3.63) is 29.3 Å². The third-order valence-electron chi connectivity index (χ3n) is 5.91. The summed E-state index contributed by atoms with van der Waals surface area (Å²) in [5, 5.41) is 0. The Kier molecular flexibility index (Phi) is 3.62. The summed E-state index contributed by atoms with van der Waals surface area (Å²) in [5.41, 5.74) is 1.93. The summed E-state index contributed by atoms with van der Waals surface area (Å²) < 4.78 is 38.1. The number of fused-ring (bicyclic) bond motifs is 1. The molecule has 1 saturated carbocycles. The minimum Gasteiger partial charge on any atom is -0.497 e. The van der Waals surface area contributed by atoms with Gasteiger partial charge in [0.15, 0.2) is 0 Å². The van der Waals surface area contributed by atoms with E-state index < -0.39 is 9.24 Å². The van der Waals surface area contributed by atoms with Gasteiger partial charge >= 0.3 is 9.24 Å². The van der Waals surface area contributed by atoms with E-state index in [2.05, 4.69) is 16.5 Å². The zero-order valence-corrected chi connectivity index (χ0v) is 15.1. The summed E-state index contributed by atoms with van der Waals surface area (Å²) in [5.74, 6) is 1.07. The largest absolute Gasteiger partial charge is 0.497 e. The molecule has 0 aromatic heterocycles. The number of hydrogen-bond donors (Lipinski definition) is 0. The molecule has 2 aliphatic carbocycles. The van der Waals surface area contributed by atoms with Crippen LogP contribution in [0.1, 0.15) is 49.7 Å². The number of halogens is 1. The molecular formula is C17H20ClNO4S. The lowest BCUT2D eigenvalue weighted by Gasteiger charge is -2.51. The Balaban J connectivity index is 1.89. The molecule has 130 valence electrons. The molecule has 1 aliphatic heterocycles. The normalized spacial score (nSPS) is 33.3. The minimum absolute atomic E-state index is 0.228. The molecule has 2 unspecified atom stereocenters. The van der Waals surface area contributed by atoms with Crippen molar-refractivity contribution in [2.24, 2.45) is 4.40 Å². The van der Waals surface area contributed by atoms with Gasteiger partial charge in [-0.25, -0.2) is 0 Å². The molecular weight excluding hydrogens is 350 g/mol. The summed E-state index contributed by atoms with van der Waals surface area (Å²) in [6.07, 6.45) is 6.36. The molecule has 1 saturated heterocycles. The van der Waals surface area contributed by atoms with E-state index in [4.69, 9.17) is 20.2 Å². The van der Waals surface area contributed by atoms with E-state index in [-0.39, 0.29) is 16.9 Å². The first-order valence-corrected chi connectivity index (χ1v) is 10.5. The molecule has 1 aromatic carbocycles. The summed E-state index contributed by atoms with van der Waals surface area (Å²) in [6, 6.07) is 6.20. The first-order valence-electron chi connectivity index (χ1n) is 8.27. The van der Waals surface area contributed by atoms with E-state index in [1.807, 2.05) is 6.07 Å². The Morgan fingerprint density at radius 3 is 2.79 bits per heavy atom. The van der Waals surface area contributed by atoms with Crippen molar-refractivity contribution in [1.82, 2.24) is 0 Å². The minimum atomic E-state index is -3.98. The van der Waals surface area contributed by atoms with Gasteiger partial charge in [-0.15, -0.1) is 4.40 Å². The van der Waals surface area contributed by atoms with Gasteiger partial charge in [0.05, 0.1) is 7.11 Å². The molecule has 0 radical (unpaired) electrons. The molecule has 0 N–H and O–H groups in total. The predicted molar refractivity (Wildman–Crippen MR) is 92.1 cm³/mol. The quantitative estimate of drug-likeness (QED) is 0.748. The van der Waals surface area contributed by atoms with Crippen LogP contribution in [0.25, 0.3) is 0 Å². The third-order valence-corrected chi connectivity index (χ3v) is 6.54. The van der Waals surface area contributed by atoms with E-state index in [0.717, 1.165) is 44.3 Å². The monoisotopic (exact) mass is 369 g/mol. The highest BCUT2D eigenvalue weighted by atomic mass is 35.7. The van der Waals surface area contributed by atoms with E-state index in [0.29, 0.717) is 6.42 Å². The molecule has 2 fully saturated rings. The second-order valence-electron chi connectivity index (χ2n) is 6.98. The van der Waals surface area contributed by atoms with E-state index in [1.54, 1.807) is 7.11 Å². The maximum absolute atomic E-state index is 11.4. The molecule has 1 aromatic rings. The van der Waals surface area contributed by atoms with Gasteiger partial charge in [0.2, 0.25) is 5.90 Å². The third kappa shape index (κ3) is 2.34. The molecule has 0 bridgehead atoms. The molecule has 5 nitrogen and oxygen atoms in total. The van der Waals surface area contributed by atoms with E-state index >= 15 is 0 Å². The van der Waals surface area contributed by atoms with Crippen molar-refractivity contribution in [1.29, 1.82) is 0 Å². The van der Waals surface area contributed by atoms with Gasteiger partial charge in [-0.3, -0.25) is 0 Å². The fourth-order valence-corrected chi connectivity index (χ4v) is 5.54. The first kappa shape index (κ1) is 16.2. The number of hydrogen-bond acceptors (Lipinski definition) is 4. The number of rotatable bonds is 2. The highest BCUT2D eigenvalue weighted by Gasteiger charge is 2.63. The first-order chi connectivity index (χ1) is 11.4. The van der Waals surface area contributed by atoms with Gasteiger partial charge in [0, 0.05) is 22.5 Å². The van der Waals surface area contributed by atoms with Crippen LogP contribution in [0.15, 0.2) is 22.6 Å². The van der Waals surface area contributed by atoms with Crippen LogP contribution in [0, 0.1) is 0 Å². The number of nitrogens with zero attached hydrogens (tertiary/aromatic N) is 1. The Hall–Kier alpha value is -1.27. The highest BCUT2D eigenvalue weighted by Crippen LogP contribution is 2.60. The zero-order chi connectivity index (χ0) is 17.0. The van der Waals surface area contributed by atoms with Gasteiger partial charge in [0.25, 0.3) is 0 Å². The van der Waals surface area contributed by atoms with Crippen molar-refractivity contribution >= 4 is 25.8 Å². The summed E-state index contributed by atoms with van der Waals surface area (Å²) in [6.45, 7) is 0. The SMILES string of the molecule is COc1ccc2c(c1)C13CCCCC1(CC2)OC(=NS(=O)(=O)Cl)C3. The van der Waals surface area contributed by atoms with Gasteiger partial charge in [0.1, 0.15) is 11.4 Å². The summed E-state index contributed by atoms with van der Waals surface area (Å²) in [7, 11) is 3.02. The van der Waals surface area contributed by atoms with Crippen LogP contribution < -0.4 is 4.74 Å². The molecule has 24 heavy (non-hydrogen) atoms. The Bertz CT molecular complexity index is 822. The molecule has 7 heteroatoms. The Labute approximate surface area is 146 Å². The average Bonchev–Trinajstić information content (AvgIpc) is 2.87. The van der Waals surface area contributed by atoms with Crippen molar-refractivity contribution in [2.45, 2.75) is 56.0 Å². The fourth-order valence-electron chi connectivity index (χ4n) is 4.97. The van der Waals surface area contributed by atoms with Crippen LogP contribution in [-0.4, -0.2) is 27.0 Å². The lowest BCUT2D eigenvalue weighted by Crippen LogP contribution is -2.53. The van der Waals surface area contributed by atoms with E-state index in [9.17, 15) is 8.42 Å². The van der Waals surface area contributed by atoms with Gasteiger partial charge in [-0.1, -0.05) is 12.5 Å². The lowest BCUT2D eigenvalue weighted by atomic mass is 9.54. The molecule has 1 heterocycles. The van der Waals surface area contributed by atoms with Crippen LogP contribution in [0.4, 0.5) is 0 Å². The molecule has 0 amide bonds. The van der Waals surface area contributed by atoms with Crippen molar-refractivity contribution in [3.63, 3.8) is 0 Å². The average molecular weight is 370 g/mol. The van der Waals surface area contributed by atoms with E-state index in [1.165, 1.54) is 11.1 Å². The van der Waals surface area contributed by atoms with Crippen LogP contribution in [-0.2, 0) is 25.8 Å². The fraction of sp³-hybridized carbons (Fsp3) is 0.588. The topological polar surface area (TPSA) is 65.0 Å². The number of aryl methyl sites for hydroxylation is 1. The van der Waals surface area contributed by atoms with Crippen LogP contribution in [0.3, 0.4) is 0 Å². The molecule has 2 atom stereocenters. The number of methoxy groups -OCH3 is 1. The van der Waals surface area contributed by atoms with Crippen LogP contribution in [0.5, 0.6) is 5.75 Å². The predicted octanol–water partition coefficient (Wildman–Crippen LogP) is 3.49. The Morgan fingerprint density at radius 2 is 2.04 bits per heavy atom. The second kappa shape index (κ2) is 5.36. The van der Waals surface area contributed by atoms with Crippen molar-refractivity contribution in [3.8, 4) is 5.75 Å².